The van der Waals surface area contributed by atoms with Crippen molar-refractivity contribution in [2.45, 2.75) is 18.9 Å². The summed E-state index contributed by atoms with van der Waals surface area (Å²) >= 11 is 1.50. The smallest absolute Gasteiger partial charge is 0.272 e. The third-order valence-corrected chi connectivity index (χ3v) is 6.26. The number of thiazole rings is 1. The first kappa shape index (κ1) is 20.9. The first-order valence-electron chi connectivity index (χ1n) is 10.2. The highest BCUT2D eigenvalue weighted by molar-refractivity contribution is 7.15. The minimum atomic E-state index is -0.115. The van der Waals surface area contributed by atoms with E-state index in [2.05, 4.69) is 22.4 Å². The number of amides is 2. The fourth-order valence-electron chi connectivity index (χ4n) is 3.69. The molecule has 0 unspecified atom stereocenters. The molecule has 0 spiro atoms. The van der Waals surface area contributed by atoms with Gasteiger partial charge in [-0.1, -0.05) is 30.3 Å². The van der Waals surface area contributed by atoms with Gasteiger partial charge in [-0.2, -0.15) is 0 Å². The third-order valence-electron chi connectivity index (χ3n) is 5.49. The Morgan fingerprint density at radius 1 is 1.13 bits per heavy atom. The van der Waals surface area contributed by atoms with E-state index in [1.165, 1.54) is 11.3 Å². The second-order valence-corrected chi connectivity index (χ2v) is 8.38. The van der Waals surface area contributed by atoms with Crippen molar-refractivity contribution in [1.82, 2.24) is 24.2 Å². The molecule has 1 N–H and O–H groups in total. The minimum Gasteiger partial charge on any atom is -0.351 e. The largest absolute Gasteiger partial charge is 0.351 e. The van der Waals surface area contributed by atoms with Crippen molar-refractivity contribution in [2.75, 3.05) is 13.6 Å². The number of benzene rings is 1. The molecule has 0 aliphatic heterocycles. The van der Waals surface area contributed by atoms with Gasteiger partial charge in [0, 0.05) is 44.5 Å². The summed E-state index contributed by atoms with van der Waals surface area (Å²) in [5.41, 5.74) is 2.31. The monoisotopic (exact) mass is 435 g/mol. The molecule has 0 fully saturated rings. The van der Waals surface area contributed by atoms with Crippen molar-refractivity contribution in [2.24, 2.45) is 7.05 Å². The second kappa shape index (κ2) is 9.18. The third kappa shape index (κ3) is 4.54. The van der Waals surface area contributed by atoms with Gasteiger partial charge < -0.3 is 14.8 Å². The summed E-state index contributed by atoms with van der Waals surface area (Å²) in [5.74, 6) is -0.198. The van der Waals surface area contributed by atoms with Crippen molar-refractivity contribution in [1.29, 1.82) is 0 Å². The molecular weight excluding hydrogens is 410 g/mol. The summed E-state index contributed by atoms with van der Waals surface area (Å²) in [5, 5.41) is 4.90. The molecule has 2 amide bonds. The number of aromatic nitrogens is 3. The van der Waals surface area contributed by atoms with Gasteiger partial charge in [0.25, 0.3) is 11.8 Å². The van der Waals surface area contributed by atoms with Crippen LogP contribution in [0.5, 0.6) is 0 Å². The van der Waals surface area contributed by atoms with Crippen molar-refractivity contribution in [3.8, 4) is 0 Å². The summed E-state index contributed by atoms with van der Waals surface area (Å²) in [4.78, 5) is 32.6. The molecule has 1 aromatic carbocycles. The number of hydrogen-bond donors (Lipinski definition) is 1. The number of likely N-dealkylation sites (N-methyl/N-ethyl adjacent to an activating group) is 1. The van der Waals surface area contributed by atoms with Crippen LogP contribution in [0.1, 0.15) is 33.0 Å². The Morgan fingerprint density at radius 2 is 1.94 bits per heavy atom. The number of carbonyl (C=O) groups is 2. The van der Waals surface area contributed by atoms with Crippen LogP contribution < -0.4 is 5.32 Å². The standard InChI is InChI=1S/C23H25N5O2S/c1-26-12-6-9-19(26)21(29)24-11-10-18(15-17-7-4-3-5-8-17)27(2)22(30)20-16-25-23-28(20)13-14-31-23/h3-9,12-14,16,18H,10-11,15H2,1-2H3,(H,24,29)/t18-/m1/s1. The molecule has 4 aromatic rings. The van der Waals surface area contributed by atoms with E-state index in [1.54, 1.807) is 21.7 Å². The highest BCUT2D eigenvalue weighted by atomic mass is 32.1. The molecule has 3 heterocycles. The molecule has 7 nitrogen and oxygen atoms in total. The Balaban J connectivity index is 1.48. The van der Waals surface area contributed by atoms with Crippen molar-refractivity contribution < 1.29 is 9.59 Å². The summed E-state index contributed by atoms with van der Waals surface area (Å²) in [6, 6.07) is 13.6. The number of aryl methyl sites for hydroxylation is 1. The van der Waals surface area contributed by atoms with E-state index in [9.17, 15) is 9.59 Å². The highest BCUT2D eigenvalue weighted by Gasteiger charge is 2.24. The molecule has 0 aliphatic carbocycles. The second-order valence-electron chi connectivity index (χ2n) is 7.51. The Bertz CT molecular complexity index is 1180. The van der Waals surface area contributed by atoms with Gasteiger partial charge in [0.1, 0.15) is 11.4 Å². The van der Waals surface area contributed by atoms with E-state index in [-0.39, 0.29) is 17.9 Å². The molecule has 0 saturated carbocycles. The van der Waals surface area contributed by atoms with Crippen LogP contribution in [-0.4, -0.2) is 50.3 Å². The Hall–Kier alpha value is -3.39. The first-order chi connectivity index (χ1) is 15.0. The average molecular weight is 436 g/mol. The molecular formula is C23H25N5O2S. The lowest BCUT2D eigenvalue weighted by Crippen LogP contribution is -2.41. The zero-order chi connectivity index (χ0) is 21.8. The molecule has 1 atom stereocenters. The van der Waals surface area contributed by atoms with Crippen LogP contribution in [0.15, 0.2) is 66.4 Å². The van der Waals surface area contributed by atoms with E-state index < -0.39 is 0 Å². The molecule has 4 rings (SSSR count). The number of nitrogens with one attached hydrogen (secondary N) is 1. The van der Waals surface area contributed by atoms with Crippen LogP contribution in [0, 0.1) is 0 Å². The van der Waals surface area contributed by atoms with E-state index in [0.29, 0.717) is 30.8 Å². The lowest BCUT2D eigenvalue weighted by atomic mass is 10.0. The maximum absolute atomic E-state index is 13.3. The normalized spacial score (nSPS) is 12.1. The number of nitrogens with zero attached hydrogens (tertiary/aromatic N) is 4. The number of rotatable bonds is 8. The molecule has 0 radical (unpaired) electrons. The molecule has 0 saturated heterocycles. The van der Waals surface area contributed by atoms with Crippen LogP contribution in [0.25, 0.3) is 4.96 Å². The highest BCUT2D eigenvalue weighted by Crippen LogP contribution is 2.18. The fraction of sp³-hybridized carbons (Fsp3) is 0.261. The number of carbonyl (C=O) groups excluding carboxylic acids is 2. The number of fused-ring (bicyclic) bond motifs is 1. The van der Waals surface area contributed by atoms with Gasteiger partial charge in [-0.25, -0.2) is 4.98 Å². The zero-order valence-corrected chi connectivity index (χ0v) is 18.4. The molecule has 31 heavy (non-hydrogen) atoms. The zero-order valence-electron chi connectivity index (χ0n) is 17.6. The van der Waals surface area contributed by atoms with E-state index in [4.69, 9.17) is 0 Å². The van der Waals surface area contributed by atoms with Crippen LogP contribution in [0.3, 0.4) is 0 Å². The maximum Gasteiger partial charge on any atom is 0.272 e. The van der Waals surface area contributed by atoms with E-state index in [0.717, 1.165) is 10.5 Å². The van der Waals surface area contributed by atoms with E-state index >= 15 is 0 Å². The van der Waals surface area contributed by atoms with Crippen LogP contribution in [0.4, 0.5) is 0 Å². The quantitative estimate of drug-likeness (QED) is 0.462. The molecule has 3 aromatic heterocycles. The lowest BCUT2D eigenvalue weighted by molar-refractivity contribution is 0.0716. The lowest BCUT2D eigenvalue weighted by Gasteiger charge is -2.28. The van der Waals surface area contributed by atoms with Gasteiger partial charge in [-0.15, -0.1) is 11.3 Å². The topological polar surface area (TPSA) is 71.6 Å². The van der Waals surface area contributed by atoms with Gasteiger partial charge in [0.2, 0.25) is 0 Å². The minimum absolute atomic E-state index is 0.0761. The van der Waals surface area contributed by atoms with Gasteiger partial charge in [-0.3, -0.25) is 14.0 Å². The summed E-state index contributed by atoms with van der Waals surface area (Å²) in [7, 11) is 3.66. The molecule has 0 bridgehead atoms. The van der Waals surface area contributed by atoms with Gasteiger partial charge >= 0.3 is 0 Å². The molecule has 160 valence electrons. The average Bonchev–Trinajstić information content (AvgIpc) is 3.50. The van der Waals surface area contributed by atoms with Gasteiger partial charge in [-0.05, 0) is 30.5 Å². The summed E-state index contributed by atoms with van der Waals surface area (Å²) in [6.07, 6.45) is 6.67. The van der Waals surface area contributed by atoms with Gasteiger partial charge in [0.05, 0.1) is 6.20 Å². The van der Waals surface area contributed by atoms with Crippen LogP contribution in [-0.2, 0) is 13.5 Å². The summed E-state index contributed by atoms with van der Waals surface area (Å²) < 4.78 is 3.61. The number of imidazole rings is 1. The van der Waals surface area contributed by atoms with Crippen molar-refractivity contribution in [3.63, 3.8) is 0 Å². The maximum atomic E-state index is 13.3. The predicted octanol–water partition coefficient (Wildman–Crippen LogP) is 3.24. The summed E-state index contributed by atoms with van der Waals surface area (Å²) in [6.45, 7) is 0.472. The molecule has 8 heteroatoms. The predicted molar refractivity (Wildman–Crippen MR) is 121 cm³/mol. The Kier molecular flexibility index (Phi) is 6.18. The van der Waals surface area contributed by atoms with E-state index in [1.807, 2.05) is 60.5 Å². The Morgan fingerprint density at radius 3 is 2.68 bits per heavy atom. The SMILES string of the molecule is CN(C(=O)c1cnc2sccn12)[C@H](CCNC(=O)c1cccn1C)Cc1ccccc1. The van der Waals surface area contributed by atoms with Crippen LogP contribution >= 0.6 is 11.3 Å². The molecule has 0 aliphatic rings. The van der Waals surface area contributed by atoms with Crippen LogP contribution in [0.2, 0.25) is 0 Å². The van der Waals surface area contributed by atoms with Crippen molar-refractivity contribution >= 4 is 28.1 Å². The fourth-order valence-corrected chi connectivity index (χ4v) is 4.38. The number of hydrogen-bond acceptors (Lipinski definition) is 4. The van der Waals surface area contributed by atoms with Gasteiger partial charge in [0.15, 0.2) is 4.96 Å². The first-order valence-corrected chi connectivity index (χ1v) is 11.0. The Labute approximate surface area is 184 Å². The van der Waals surface area contributed by atoms with Crippen molar-refractivity contribution in [3.05, 3.63) is 83.4 Å².